The molecule has 0 aliphatic heterocycles. The number of rotatable bonds is 5. The van der Waals surface area contributed by atoms with Gasteiger partial charge in [-0.2, -0.15) is 0 Å². The summed E-state index contributed by atoms with van der Waals surface area (Å²) in [6.07, 6.45) is 3.76. The molecule has 0 N–H and O–H groups in total. The normalized spacial score (nSPS) is 13.3. The molecule has 5 rings (SSSR count). The molecule has 4 aromatic rings. The maximum atomic E-state index is 13.2. The number of benzene rings is 2. The summed E-state index contributed by atoms with van der Waals surface area (Å²) in [5, 5.41) is 1.81. The Morgan fingerprint density at radius 2 is 1.82 bits per heavy atom. The molecule has 6 nitrogen and oxygen atoms in total. The maximum absolute atomic E-state index is 13.2. The largest absolute Gasteiger partial charge is 0.497 e. The average Bonchev–Trinajstić information content (AvgIpc) is 3.08. The lowest BCUT2D eigenvalue weighted by Crippen LogP contribution is -2.16. The van der Waals surface area contributed by atoms with Crippen LogP contribution in [0.15, 0.2) is 39.5 Å². The molecule has 2 heterocycles. The van der Waals surface area contributed by atoms with Crippen LogP contribution >= 0.6 is 0 Å². The summed E-state index contributed by atoms with van der Waals surface area (Å²) in [4.78, 5) is 25.8. The van der Waals surface area contributed by atoms with E-state index in [2.05, 4.69) is 0 Å². The van der Waals surface area contributed by atoms with E-state index in [1.165, 1.54) is 0 Å². The Bertz CT molecular complexity index is 1470. The molecule has 170 valence electrons. The van der Waals surface area contributed by atoms with Crippen molar-refractivity contribution >= 4 is 27.7 Å². The molecule has 1 aliphatic carbocycles. The number of nitrogens with zero attached hydrogens (tertiary/aromatic N) is 1. The van der Waals surface area contributed by atoms with E-state index in [0.29, 0.717) is 22.6 Å². The van der Waals surface area contributed by atoms with Gasteiger partial charge >= 0.3 is 5.63 Å². The van der Waals surface area contributed by atoms with Crippen molar-refractivity contribution in [3.05, 3.63) is 68.7 Å². The third-order valence-electron chi connectivity index (χ3n) is 6.93. The van der Waals surface area contributed by atoms with Crippen molar-refractivity contribution in [2.24, 2.45) is 7.05 Å². The molecule has 2 aromatic carbocycles. The van der Waals surface area contributed by atoms with E-state index in [9.17, 15) is 9.59 Å². The lowest BCUT2D eigenvalue weighted by atomic mass is 9.90. The Balaban J connectivity index is 1.48. The van der Waals surface area contributed by atoms with Crippen LogP contribution in [0, 0.1) is 13.8 Å². The number of carbonyl (C=O) groups excluding carboxylic acids is 1. The van der Waals surface area contributed by atoms with Crippen molar-refractivity contribution in [2.75, 3.05) is 13.7 Å². The standard InChI is InChI=1S/C27H27NO5/c1-15-24(12-10-19-18-7-5-6-8-20(18)27(30)33-26(15)19)32-14-23(29)25-16(2)28(3)22-11-9-17(31-4)13-21(22)25/h9-13H,5-8,14H2,1-4H3. The van der Waals surface area contributed by atoms with Crippen LogP contribution in [0.25, 0.3) is 21.9 Å². The second kappa shape index (κ2) is 8.10. The Kier molecular flexibility index (Phi) is 5.23. The van der Waals surface area contributed by atoms with Crippen molar-refractivity contribution in [3.63, 3.8) is 0 Å². The highest BCUT2D eigenvalue weighted by molar-refractivity contribution is 6.10. The van der Waals surface area contributed by atoms with E-state index in [1.807, 2.05) is 55.8 Å². The third kappa shape index (κ3) is 3.41. The minimum atomic E-state index is -0.256. The topological polar surface area (TPSA) is 70.7 Å². The van der Waals surface area contributed by atoms with E-state index in [0.717, 1.165) is 64.4 Å². The van der Waals surface area contributed by atoms with Gasteiger partial charge in [-0.25, -0.2) is 4.79 Å². The number of hydrogen-bond donors (Lipinski definition) is 0. The first-order chi connectivity index (χ1) is 15.9. The van der Waals surface area contributed by atoms with Gasteiger partial charge in [-0.05, 0) is 75.4 Å². The van der Waals surface area contributed by atoms with Crippen LogP contribution in [-0.4, -0.2) is 24.1 Å². The fraction of sp³-hybridized carbons (Fsp3) is 0.333. The summed E-state index contributed by atoms with van der Waals surface area (Å²) in [7, 11) is 3.55. The molecule has 2 aromatic heterocycles. The van der Waals surface area contributed by atoms with Crippen molar-refractivity contribution in [1.82, 2.24) is 4.57 Å². The van der Waals surface area contributed by atoms with Gasteiger partial charge in [0.05, 0.1) is 7.11 Å². The van der Waals surface area contributed by atoms with Crippen LogP contribution in [0.2, 0.25) is 0 Å². The van der Waals surface area contributed by atoms with E-state index in [-0.39, 0.29) is 18.0 Å². The Morgan fingerprint density at radius 1 is 1.06 bits per heavy atom. The lowest BCUT2D eigenvalue weighted by Gasteiger charge is -2.18. The van der Waals surface area contributed by atoms with E-state index < -0.39 is 0 Å². The molecular weight excluding hydrogens is 418 g/mol. The summed E-state index contributed by atoms with van der Waals surface area (Å²) < 4.78 is 19.0. The van der Waals surface area contributed by atoms with Gasteiger partial charge in [-0.1, -0.05) is 0 Å². The summed E-state index contributed by atoms with van der Waals surface area (Å²) >= 11 is 0. The van der Waals surface area contributed by atoms with Crippen LogP contribution in [0.5, 0.6) is 11.5 Å². The second-order valence-corrected chi connectivity index (χ2v) is 8.73. The summed E-state index contributed by atoms with van der Waals surface area (Å²) in [5.41, 5.74) is 5.40. The minimum absolute atomic E-state index is 0.112. The molecular formula is C27H27NO5. The minimum Gasteiger partial charge on any atom is -0.497 e. The number of hydrogen-bond acceptors (Lipinski definition) is 5. The summed E-state index contributed by atoms with van der Waals surface area (Å²) in [6, 6.07) is 9.54. The number of ether oxygens (including phenoxy) is 2. The molecule has 1 aliphatic rings. The number of aromatic nitrogens is 1. The monoisotopic (exact) mass is 445 g/mol. The Hall–Kier alpha value is -3.54. The van der Waals surface area contributed by atoms with Crippen molar-refractivity contribution in [2.45, 2.75) is 39.5 Å². The summed E-state index contributed by atoms with van der Waals surface area (Å²) in [6.45, 7) is 3.69. The smallest absolute Gasteiger partial charge is 0.339 e. The van der Waals surface area contributed by atoms with Gasteiger partial charge in [0.2, 0.25) is 5.78 Å². The fourth-order valence-electron chi connectivity index (χ4n) is 5.03. The molecule has 0 unspecified atom stereocenters. The van der Waals surface area contributed by atoms with Gasteiger partial charge in [0.25, 0.3) is 0 Å². The van der Waals surface area contributed by atoms with E-state index in [1.54, 1.807) is 7.11 Å². The number of aryl methyl sites for hydroxylation is 3. The Labute approximate surface area is 191 Å². The first kappa shape index (κ1) is 21.3. The number of fused-ring (bicyclic) bond motifs is 4. The highest BCUT2D eigenvalue weighted by Crippen LogP contribution is 2.33. The highest BCUT2D eigenvalue weighted by Gasteiger charge is 2.22. The third-order valence-corrected chi connectivity index (χ3v) is 6.93. The molecule has 0 amide bonds. The van der Waals surface area contributed by atoms with E-state index >= 15 is 0 Å². The van der Waals surface area contributed by atoms with Crippen LogP contribution in [0.1, 0.15) is 45.6 Å². The van der Waals surface area contributed by atoms with Gasteiger partial charge in [-0.3, -0.25) is 4.79 Å². The van der Waals surface area contributed by atoms with Crippen LogP contribution in [0.4, 0.5) is 0 Å². The highest BCUT2D eigenvalue weighted by atomic mass is 16.5. The van der Waals surface area contributed by atoms with Gasteiger partial charge in [0.1, 0.15) is 17.1 Å². The van der Waals surface area contributed by atoms with Crippen LogP contribution < -0.4 is 15.1 Å². The van der Waals surface area contributed by atoms with Gasteiger partial charge in [0, 0.05) is 45.7 Å². The molecule has 0 atom stereocenters. The van der Waals surface area contributed by atoms with Crippen molar-refractivity contribution in [1.29, 1.82) is 0 Å². The molecule has 0 saturated carbocycles. The maximum Gasteiger partial charge on any atom is 0.339 e. The molecule has 0 fully saturated rings. The molecule has 0 radical (unpaired) electrons. The lowest BCUT2D eigenvalue weighted by molar-refractivity contribution is 0.0922. The number of Topliss-reactive ketones (excluding diaryl/α,β-unsaturated/α-hetero) is 1. The first-order valence-electron chi connectivity index (χ1n) is 11.3. The first-order valence-corrected chi connectivity index (χ1v) is 11.3. The zero-order valence-corrected chi connectivity index (χ0v) is 19.4. The molecule has 0 spiro atoms. The molecule has 0 bridgehead atoms. The molecule has 6 heteroatoms. The zero-order valence-electron chi connectivity index (χ0n) is 19.4. The Morgan fingerprint density at radius 3 is 2.58 bits per heavy atom. The van der Waals surface area contributed by atoms with Crippen molar-refractivity contribution in [3.8, 4) is 11.5 Å². The number of ketones is 1. The average molecular weight is 446 g/mol. The van der Waals surface area contributed by atoms with Crippen LogP contribution in [-0.2, 0) is 19.9 Å². The predicted octanol–water partition coefficient (Wildman–Crippen LogP) is 5.05. The van der Waals surface area contributed by atoms with Gasteiger partial charge in [-0.15, -0.1) is 0 Å². The fourth-order valence-corrected chi connectivity index (χ4v) is 5.03. The van der Waals surface area contributed by atoms with Gasteiger partial charge < -0.3 is 18.5 Å². The molecule has 33 heavy (non-hydrogen) atoms. The predicted molar refractivity (Wildman–Crippen MR) is 128 cm³/mol. The van der Waals surface area contributed by atoms with Crippen molar-refractivity contribution < 1.29 is 18.7 Å². The van der Waals surface area contributed by atoms with Crippen LogP contribution in [0.3, 0.4) is 0 Å². The zero-order chi connectivity index (χ0) is 23.3. The second-order valence-electron chi connectivity index (χ2n) is 8.73. The summed E-state index contributed by atoms with van der Waals surface area (Å²) in [5.74, 6) is 1.13. The van der Waals surface area contributed by atoms with Gasteiger partial charge in [0.15, 0.2) is 6.61 Å². The molecule has 0 saturated heterocycles. The van der Waals surface area contributed by atoms with E-state index in [4.69, 9.17) is 13.9 Å². The number of carbonyl (C=O) groups is 1. The quantitative estimate of drug-likeness (QED) is 0.318. The SMILES string of the molecule is COc1ccc2c(c1)c(C(=O)COc1ccc3c4c(c(=O)oc3c1C)CCCC4)c(C)n2C. The number of methoxy groups -OCH3 is 1.